The Morgan fingerprint density at radius 2 is 1.00 bits per heavy atom. The zero-order valence-electron chi connectivity index (χ0n) is 7.93. The highest BCUT2D eigenvalue weighted by Crippen LogP contribution is 2.37. The lowest BCUT2D eigenvalue weighted by molar-refractivity contribution is 0.514. The molecule has 0 spiro atoms. The molecular weight excluding hydrogens is 164 g/mol. The van der Waals surface area contributed by atoms with Gasteiger partial charge in [-0.2, -0.15) is 11.8 Å². The highest BCUT2D eigenvalue weighted by molar-refractivity contribution is 8.00. The topological polar surface area (TPSA) is 0 Å². The molecule has 0 atom stereocenters. The van der Waals surface area contributed by atoms with Gasteiger partial charge in [0, 0.05) is 10.5 Å². The molecule has 2 saturated carbocycles. The van der Waals surface area contributed by atoms with E-state index in [0.29, 0.717) is 0 Å². The SMILES string of the molecule is C1CCC(SC2CCCC2)CC1. The Labute approximate surface area is 80.5 Å². The molecule has 2 fully saturated rings. The fourth-order valence-electron chi connectivity index (χ4n) is 2.50. The predicted molar refractivity (Wildman–Crippen MR) is 56.7 cm³/mol. The Hall–Kier alpha value is 0.350. The zero-order chi connectivity index (χ0) is 8.23. The van der Waals surface area contributed by atoms with E-state index in [4.69, 9.17) is 0 Å². The van der Waals surface area contributed by atoms with Crippen molar-refractivity contribution >= 4 is 11.8 Å². The molecule has 0 aromatic carbocycles. The van der Waals surface area contributed by atoms with Crippen molar-refractivity contribution in [2.75, 3.05) is 0 Å². The average Bonchev–Trinajstić information content (AvgIpc) is 2.59. The Bertz CT molecular complexity index is 121. The summed E-state index contributed by atoms with van der Waals surface area (Å²) in [5.41, 5.74) is 0. The average molecular weight is 184 g/mol. The molecule has 12 heavy (non-hydrogen) atoms. The van der Waals surface area contributed by atoms with Crippen LogP contribution in [0, 0.1) is 0 Å². The highest BCUT2D eigenvalue weighted by atomic mass is 32.2. The van der Waals surface area contributed by atoms with Gasteiger partial charge in [0.1, 0.15) is 0 Å². The van der Waals surface area contributed by atoms with Crippen LogP contribution in [0.1, 0.15) is 57.8 Å². The van der Waals surface area contributed by atoms with E-state index in [-0.39, 0.29) is 0 Å². The molecule has 0 unspecified atom stereocenters. The van der Waals surface area contributed by atoms with Gasteiger partial charge < -0.3 is 0 Å². The first-order valence-corrected chi connectivity index (χ1v) is 6.55. The van der Waals surface area contributed by atoms with E-state index in [1.807, 2.05) is 0 Å². The summed E-state index contributed by atoms with van der Waals surface area (Å²) in [6, 6.07) is 0. The van der Waals surface area contributed by atoms with Crippen molar-refractivity contribution in [2.24, 2.45) is 0 Å². The van der Waals surface area contributed by atoms with Crippen LogP contribution in [-0.4, -0.2) is 10.5 Å². The molecule has 0 saturated heterocycles. The second-order valence-corrected chi connectivity index (χ2v) is 5.91. The van der Waals surface area contributed by atoms with Gasteiger partial charge in [-0.25, -0.2) is 0 Å². The third-order valence-corrected chi connectivity index (χ3v) is 4.95. The number of thioether (sulfide) groups is 1. The van der Waals surface area contributed by atoms with Crippen molar-refractivity contribution in [3.05, 3.63) is 0 Å². The lowest BCUT2D eigenvalue weighted by Crippen LogP contribution is -2.12. The van der Waals surface area contributed by atoms with Crippen LogP contribution >= 0.6 is 11.8 Å². The third-order valence-electron chi connectivity index (χ3n) is 3.24. The van der Waals surface area contributed by atoms with Crippen LogP contribution in [-0.2, 0) is 0 Å². The van der Waals surface area contributed by atoms with Gasteiger partial charge in [-0.15, -0.1) is 0 Å². The first-order chi connectivity index (χ1) is 5.95. The maximum atomic E-state index is 2.33. The van der Waals surface area contributed by atoms with Crippen molar-refractivity contribution in [1.29, 1.82) is 0 Å². The van der Waals surface area contributed by atoms with Crippen LogP contribution in [0.25, 0.3) is 0 Å². The quantitative estimate of drug-likeness (QED) is 0.625. The van der Waals surface area contributed by atoms with Gasteiger partial charge in [0.25, 0.3) is 0 Å². The smallest absolute Gasteiger partial charge is 0.00498 e. The second kappa shape index (κ2) is 4.55. The summed E-state index contributed by atoms with van der Waals surface area (Å²) in [6.07, 6.45) is 13.6. The molecule has 0 N–H and O–H groups in total. The van der Waals surface area contributed by atoms with E-state index in [1.165, 1.54) is 57.8 Å². The maximum absolute atomic E-state index is 2.33. The molecule has 0 radical (unpaired) electrons. The Kier molecular flexibility index (Phi) is 3.38. The summed E-state index contributed by atoms with van der Waals surface area (Å²) in [5.74, 6) is 0. The normalized spacial score (nSPS) is 28.0. The standard InChI is InChI=1S/C11H20S/c1-2-6-10(7-3-1)12-11-8-4-5-9-11/h10-11H,1-9H2. The minimum absolute atomic E-state index is 1.04. The summed E-state index contributed by atoms with van der Waals surface area (Å²) in [4.78, 5) is 0. The van der Waals surface area contributed by atoms with Gasteiger partial charge >= 0.3 is 0 Å². The van der Waals surface area contributed by atoms with Gasteiger partial charge in [-0.05, 0) is 25.7 Å². The minimum Gasteiger partial charge on any atom is -0.155 e. The minimum atomic E-state index is 1.04. The molecule has 1 heteroatoms. The van der Waals surface area contributed by atoms with Crippen LogP contribution in [0.4, 0.5) is 0 Å². The first kappa shape index (κ1) is 8.93. The van der Waals surface area contributed by atoms with E-state index < -0.39 is 0 Å². The van der Waals surface area contributed by atoms with Crippen LogP contribution < -0.4 is 0 Å². The van der Waals surface area contributed by atoms with Gasteiger partial charge in [0.15, 0.2) is 0 Å². The van der Waals surface area contributed by atoms with E-state index >= 15 is 0 Å². The van der Waals surface area contributed by atoms with Gasteiger partial charge in [-0.3, -0.25) is 0 Å². The number of hydrogen-bond acceptors (Lipinski definition) is 1. The van der Waals surface area contributed by atoms with Gasteiger partial charge in [0.05, 0.1) is 0 Å². The maximum Gasteiger partial charge on any atom is 0.00498 e. The molecular formula is C11H20S. The molecule has 0 aromatic heterocycles. The van der Waals surface area contributed by atoms with E-state index in [2.05, 4.69) is 11.8 Å². The molecule has 2 aliphatic carbocycles. The molecule has 2 rings (SSSR count). The Morgan fingerprint density at radius 1 is 0.583 bits per heavy atom. The fourth-order valence-corrected chi connectivity index (χ4v) is 4.25. The fraction of sp³-hybridized carbons (Fsp3) is 1.00. The molecule has 0 amide bonds. The lowest BCUT2D eigenvalue weighted by Gasteiger charge is -2.23. The van der Waals surface area contributed by atoms with Crippen molar-refractivity contribution in [3.8, 4) is 0 Å². The van der Waals surface area contributed by atoms with Crippen LogP contribution in [0.15, 0.2) is 0 Å². The molecule has 2 aliphatic rings. The summed E-state index contributed by atoms with van der Waals surface area (Å²) in [5, 5.41) is 2.09. The lowest BCUT2D eigenvalue weighted by atomic mass is 10.0. The van der Waals surface area contributed by atoms with Crippen LogP contribution in [0.5, 0.6) is 0 Å². The number of rotatable bonds is 2. The predicted octanol–water partition coefficient (Wildman–Crippen LogP) is 3.99. The van der Waals surface area contributed by atoms with Gasteiger partial charge in [0.2, 0.25) is 0 Å². The molecule has 0 heterocycles. The summed E-state index contributed by atoms with van der Waals surface area (Å²) in [6.45, 7) is 0. The molecule has 0 aliphatic heterocycles. The molecule has 0 nitrogen and oxygen atoms in total. The van der Waals surface area contributed by atoms with Crippen molar-refractivity contribution in [3.63, 3.8) is 0 Å². The number of hydrogen-bond donors (Lipinski definition) is 0. The molecule has 0 aromatic rings. The Morgan fingerprint density at radius 3 is 1.50 bits per heavy atom. The summed E-state index contributed by atoms with van der Waals surface area (Å²) in [7, 11) is 0. The van der Waals surface area contributed by atoms with Crippen molar-refractivity contribution in [1.82, 2.24) is 0 Å². The molecule has 70 valence electrons. The summed E-state index contributed by atoms with van der Waals surface area (Å²) < 4.78 is 0. The van der Waals surface area contributed by atoms with Crippen molar-refractivity contribution < 1.29 is 0 Å². The van der Waals surface area contributed by atoms with E-state index in [0.717, 1.165) is 10.5 Å². The monoisotopic (exact) mass is 184 g/mol. The van der Waals surface area contributed by atoms with Gasteiger partial charge in [-0.1, -0.05) is 32.1 Å². The largest absolute Gasteiger partial charge is 0.155 e. The summed E-state index contributed by atoms with van der Waals surface area (Å²) >= 11 is 2.33. The Balaban J connectivity index is 1.69. The molecule has 0 bridgehead atoms. The third kappa shape index (κ3) is 2.42. The van der Waals surface area contributed by atoms with Crippen LogP contribution in [0.2, 0.25) is 0 Å². The van der Waals surface area contributed by atoms with Crippen molar-refractivity contribution in [2.45, 2.75) is 68.3 Å². The van der Waals surface area contributed by atoms with Crippen LogP contribution in [0.3, 0.4) is 0 Å². The highest BCUT2D eigenvalue weighted by Gasteiger charge is 2.21. The van der Waals surface area contributed by atoms with E-state index in [1.54, 1.807) is 0 Å². The van der Waals surface area contributed by atoms with E-state index in [9.17, 15) is 0 Å². The first-order valence-electron chi connectivity index (χ1n) is 5.60. The second-order valence-electron chi connectivity index (χ2n) is 4.30. The zero-order valence-corrected chi connectivity index (χ0v) is 8.74.